The number of nitrogens with zero attached hydrogens (tertiary/aromatic N) is 1. The van der Waals surface area contributed by atoms with E-state index in [1.54, 1.807) is 0 Å². The summed E-state index contributed by atoms with van der Waals surface area (Å²) in [5, 5.41) is 10.2. The third-order valence-corrected chi connectivity index (χ3v) is 1.15. The quantitative estimate of drug-likeness (QED) is 0.341. The van der Waals surface area contributed by atoms with Gasteiger partial charge in [0.25, 0.3) is 5.69 Å². The van der Waals surface area contributed by atoms with Crippen LogP contribution in [0.15, 0.2) is 18.2 Å². The van der Waals surface area contributed by atoms with Crippen molar-refractivity contribution in [2.75, 3.05) is 0 Å². The monoisotopic (exact) mass is 146 g/mol. The highest BCUT2D eigenvalue weighted by Gasteiger charge is 2.03. The van der Waals surface area contributed by atoms with E-state index in [0.29, 0.717) is 5.56 Å². The molecule has 0 saturated heterocycles. The zero-order valence-corrected chi connectivity index (χ0v) is 5.57. The van der Waals surface area contributed by atoms with Crippen molar-refractivity contribution >= 4 is 5.69 Å². The topological polar surface area (TPSA) is 43.1 Å². The molecule has 0 fully saturated rings. The summed E-state index contributed by atoms with van der Waals surface area (Å²) in [7, 11) is 0. The molecule has 0 N–H and O–H groups in total. The van der Waals surface area contributed by atoms with E-state index in [4.69, 9.17) is 6.42 Å². The molecule has 1 aromatic rings. The average molecular weight is 146 g/mol. The summed E-state index contributed by atoms with van der Waals surface area (Å²) < 4.78 is 0. The largest absolute Gasteiger partial charge is 0.271 e. The van der Waals surface area contributed by atoms with Crippen LogP contribution in [0.3, 0.4) is 0 Å². The van der Waals surface area contributed by atoms with Crippen molar-refractivity contribution in [1.82, 2.24) is 0 Å². The fourth-order valence-corrected chi connectivity index (χ4v) is 0.648. The van der Waals surface area contributed by atoms with Crippen molar-refractivity contribution in [2.24, 2.45) is 0 Å². The van der Waals surface area contributed by atoms with Crippen LogP contribution in [0.4, 0.5) is 5.69 Å². The number of benzene rings is 1. The summed E-state index contributed by atoms with van der Waals surface area (Å²) >= 11 is 0. The smallest absolute Gasteiger partial charge is 0.258 e. The van der Waals surface area contributed by atoms with Gasteiger partial charge in [0.05, 0.1) is 4.92 Å². The molecule has 0 amide bonds. The molecule has 0 aromatic heterocycles. The highest BCUT2D eigenvalue weighted by Crippen LogP contribution is 2.10. The maximum absolute atomic E-state index is 10.2. The Morgan fingerprint density at radius 2 is 2.36 bits per heavy atom. The average Bonchev–Trinajstić information content (AvgIpc) is 2.05. The molecular weight excluding hydrogens is 142 g/mol. The maximum Gasteiger partial charge on any atom is 0.271 e. The van der Waals surface area contributed by atoms with Gasteiger partial charge in [-0.3, -0.25) is 10.1 Å². The van der Waals surface area contributed by atoms with Gasteiger partial charge in [0, 0.05) is 17.7 Å². The maximum atomic E-state index is 10.2. The predicted octanol–water partition coefficient (Wildman–Crippen LogP) is 1.38. The molecule has 11 heavy (non-hydrogen) atoms. The molecule has 1 aromatic carbocycles. The molecule has 0 heterocycles. The lowest BCUT2D eigenvalue weighted by atomic mass is 10.2. The lowest BCUT2D eigenvalue weighted by Crippen LogP contribution is -1.87. The molecule has 0 aliphatic rings. The van der Waals surface area contributed by atoms with Gasteiger partial charge in [-0.1, -0.05) is 5.92 Å². The molecule has 1 radical (unpaired) electrons. The molecule has 0 bridgehead atoms. The van der Waals surface area contributed by atoms with Gasteiger partial charge in [-0.15, -0.1) is 6.42 Å². The Morgan fingerprint density at radius 3 is 2.91 bits per heavy atom. The minimum absolute atomic E-state index is 0.0274. The number of nitro groups is 1. The van der Waals surface area contributed by atoms with Crippen LogP contribution in [0.1, 0.15) is 5.56 Å². The van der Waals surface area contributed by atoms with E-state index >= 15 is 0 Å². The molecule has 53 valence electrons. The summed E-state index contributed by atoms with van der Waals surface area (Å²) in [4.78, 5) is 9.68. The van der Waals surface area contributed by atoms with Gasteiger partial charge >= 0.3 is 0 Å². The van der Waals surface area contributed by atoms with Crippen LogP contribution < -0.4 is 0 Å². The number of rotatable bonds is 1. The molecular formula is C8H4NO2. The first kappa shape index (κ1) is 7.29. The minimum Gasteiger partial charge on any atom is -0.258 e. The highest BCUT2D eigenvalue weighted by molar-refractivity contribution is 5.41. The van der Waals surface area contributed by atoms with E-state index in [9.17, 15) is 10.1 Å². The van der Waals surface area contributed by atoms with Gasteiger partial charge in [0.2, 0.25) is 0 Å². The van der Waals surface area contributed by atoms with Gasteiger partial charge in [-0.05, 0) is 12.1 Å². The molecule has 0 atom stereocenters. The third-order valence-electron chi connectivity index (χ3n) is 1.15. The summed E-state index contributed by atoms with van der Waals surface area (Å²) in [6, 6.07) is 6.71. The van der Waals surface area contributed by atoms with Crippen molar-refractivity contribution in [1.29, 1.82) is 0 Å². The SMILES string of the molecule is C#Cc1c[c]cc([N+](=O)[O-])c1. The number of terminal acetylenes is 1. The van der Waals surface area contributed by atoms with Crippen LogP contribution in [0, 0.1) is 28.5 Å². The summed E-state index contributed by atoms with van der Waals surface area (Å²) in [5.41, 5.74) is 0.444. The Morgan fingerprint density at radius 1 is 1.64 bits per heavy atom. The van der Waals surface area contributed by atoms with Gasteiger partial charge in [-0.25, -0.2) is 0 Å². The minimum atomic E-state index is -0.503. The Bertz CT molecular complexity index is 325. The summed E-state index contributed by atoms with van der Waals surface area (Å²) in [5.74, 6) is 2.29. The zero-order chi connectivity index (χ0) is 8.27. The standard InChI is InChI=1S/C8H4NO2/c1-2-7-4-3-5-8(6-7)9(10)11/h1,4-6H. The lowest BCUT2D eigenvalue weighted by molar-refractivity contribution is -0.384. The Kier molecular flexibility index (Phi) is 1.88. The molecule has 0 aliphatic heterocycles. The molecule has 0 unspecified atom stereocenters. The van der Waals surface area contributed by atoms with Crippen LogP contribution in [0.5, 0.6) is 0 Å². The first-order valence-electron chi connectivity index (χ1n) is 2.86. The first-order valence-corrected chi connectivity index (χ1v) is 2.86. The highest BCUT2D eigenvalue weighted by atomic mass is 16.6. The molecule has 3 heteroatoms. The van der Waals surface area contributed by atoms with Crippen molar-refractivity contribution in [3.05, 3.63) is 39.9 Å². The van der Waals surface area contributed by atoms with Crippen LogP contribution in [0.25, 0.3) is 0 Å². The second-order valence-corrected chi connectivity index (χ2v) is 1.88. The first-order chi connectivity index (χ1) is 5.24. The van der Waals surface area contributed by atoms with E-state index < -0.39 is 4.92 Å². The fourth-order valence-electron chi connectivity index (χ4n) is 0.648. The fraction of sp³-hybridized carbons (Fsp3) is 0. The van der Waals surface area contributed by atoms with Gasteiger partial charge in [0.15, 0.2) is 0 Å². The van der Waals surface area contributed by atoms with Gasteiger partial charge in [0.1, 0.15) is 0 Å². The van der Waals surface area contributed by atoms with Crippen LogP contribution in [-0.2, 0) is 0 Å². The number of nitro benzene ring substituents is 1. The zero-order valence-electron chi connectivity index (χ0n) is 5.57. The predicted molar refractivity (Wildman–Crippen MR) is 39.9 cm³/mol. The molecule has 0 saturated carbocycles. The Labute approximate surface area is 63.8 Å². The third kappa shape index (κ3) is 1.55. The van der Waals surface area contributed by atoms with E-state index in [2.05, 4.69) is 12.0 Å². The van der Waals surface area contributed by atoms with E-state index in [1.165, 1.54) is 18.2 Å². The lowest BCUT2D eigenvalue weighted by Gasteiger charge is -1.89. The molecule has 0 aliphatic carbocycles. The molecule has 3 nitrogen and oxygen atoms in total. The van der Waals surface area contributed by atoms with Crippen LogP contribution >= 0.6 is 0 Å². The second-order valence-electron chi connectivity index (χ2n) is 1.88. The van der Waals surface area contributed by atoms with Gasteiger partial charge in [-0.2, -0.15) is 0 Å². The van der Waals surface area contributed by atoms with Crippen molar-refractivity contribution in [3.63, 3.8) is 0 Å². The molecule has 0 spiro atoms. The van der Waals surface area contributed by atoms with Crippen molar-refractivity contribution in [3.8, 4) is 12.3 Å². The number of non-ortho nitro benzene ring substituents is 1. The Hall–Kier alpha value is -1.82. The van der Waals surface area contributed by atoms with Gasteiger partial charge < -0.3 is 0 Å². The van der Waals surface area contributed by atoms with E-state index in [-0.39, 0.29) is 5.69 Å². The van der Waals surface area contributed by atoms with Crippen LogP contribution in [0.2, 0.25) is 0 Å². The number of hydrogen-bond acceptors (Lipinski definition) is 2. The molecule has 1 rings (SSSR count). The Balaban J connectivity index is 3.13. The van der Waals surface area contributed by atoms with E-state index in [1.807, 2.05) is 0 Å². The van der Waals surface area contributed by atoms with Crippen molar-refractivity contribution < 1.29 is 4.92 Å². The number of hydrogen-bond donors (Lipinski definition) is 0. The van der Waals surface area contributed by atoms with E-state index in [0.717, 1.165) is 0 Å². The van der Waals surface area contributed by atoms with Crippen LogP contribution in [-0.4, -0.2) is 4.92 Å². The normalized spacial score (nSPS) is 8.64. The summed E-state index contributed by atoms with van der Waals surface area (Å²) in [6.45, 7) is 0. The summed E-state index contributed by atoms with van der Waals surface area (Å²) in [6.07, 6.45) is 5.03. The van der Waals surface area contributed by atoms with Crippen molar-refractivity contribution in [2.45, 2.75) is 0 Å². The second kappa shape index (κ2) is 2.84.